The predicted molar refractivity (Wildman–Crippen MR) is 88.2 cm³/mol. The molecule has 1 aliphatic rings. The molecule has 1 aromatic carbocycles. The highest BCUT2D eigenvalue weighted by Gasteiger charge is 2.14. The van der Waals surface area contributed by atoms with Gasteiger partial charge in [-0.25, -0.2) is 0 Å². The topological polar surface area (TPSA) is 73.3 Å². The minimum Gasteiger partial charge on any atom is -0.454 e. The first kappa shape index (κ1) is 15.4. The Balaban J connectivity index is 1.46. The number of nitrogens with zero attached hydrogens (tertiary/aromatic N) is 2. The molecule has 1 aliphatic heterocycles. The van der Waals surface area contributed by atoms with Gasteiger partial charge in [-0.1, -0.05) is 34.9 Å². The summed E-state index contributed by atoms with van der Waals surface area (Å²) in [5, 5.41) is 10.9. The van der Waals surface area contributed by atoms with Crippen molar-refractivity contribution in [1.82, 2.24) is 10.2 Å². The van der Waals surface area contributed by atoms with Crippen molar-refractivity contribution in [3.63, 3.8) is 0 Å². The summed E-state index contributed by atoms with van der Waals surface area (Å²) in [7, 11) is 0. The number of nitrogens with one attached hydrogen (secondary N) is 1. The first-order chi connectivity index (χ1) is 10.7. The molecule has 3 rings (SSSR count). The minimum atomic E-state index is -0.0408. The van der Waals surface area contributed by atoms with Crippen LogP contribution in [0.4, 0.5) is 5.69 Å². The summed E-state index contributed by atoms with van der Waals surface area (Å²) in [6.45, 7) is 0.225. The number of ether oxygens (including phenoxy) is 2. The van der Waals surface area contributed by atoms with E-state index in [0.29, 0.717) is 29.4 Å². The van der Waals surface area contributed by atoms with Gasteiger partial charge in [-0.3, -0.25) is 4.79 Å². The number of aromatic nitrogens is 2. The Hall–Kier alpha value is -1.45. The maximum Gasteiger partial charge on any atom is 0.231 e. The maximum atomic E-state index is 11.9. The van der Waals surface area contributed by atoms with E-state index in [-0.39, 0.29) is 12.7 Å². The highest BCUT2D eigenvalue weighted by molar-refractivity contribution is 8.02. The molecular formula is C13H13N3O3S3. The molecule has 6 nitrogen and oxygen atoms in total. The molecule has 0 bridgehead atoms. The third-order valence-corrected chi connectivity index (χ3v) is 5.81. The number of carbonyl (C=O) groups is 1. The maximum absolute atomic E-state index is 11.9. The highest BCUT2D eigenvalue weighted by atomic mass is 32.2. The van der Waals surface area contributed by atoms with Crippen LogP contribution in [0, 0.1) is 0 Å². The zero-order valence-electron chi connectivity index (χ0n) is 11.7. The Kier molecular flexibility index (Phi) is 5.06. The van der Waals surface area contributed by atoms with Gasteiger partial charge in [0, 0.05) is 23.9 Å². The van der Waals surface area contributed by atoms with Gasteiger partial charge in [-0.05, 0) is 18.4 Å². The molecule has 0 saturated heterocycles. The fraction of sp³-hybridized carbons (Fsp3) is 0.308. The van der Waals surface area contributed by atoms with E-state index in [2.05, 4.69) is 15.5 Å². The summed E-state index contributed by atoms with van der Waals surface area (Å²) in [4.78, 5) is 11.9. The molecule has 2 aromatic rings. The van der Waals surface area contributed by atoms with Crippen molar-refractivity contribution in [1.29, 1.82) is 0 Å². The van der Waals surface area contributed by atoms with Crippen molar-refractivity contribution < 1.29 is 14.3 Å². The number of rotatable bonds is 6. The SMILES string of the molecule is CSc1nnc(SCCC(=O)Nc2ccc3c(c2)OCO3)s1. The van der Waals surface area contributed by atoms with Crippen LogP contribution in [-0.2, 0) is 4.79 Å². The van der Waals surface area contributed by atoms with E-state index in [1.165, 1.54) is 0 Å². The molecule has 0 spiro atoms. The molecule has 0 radical (unpaired) electrons. The van der Waals surface area contributed by atoms with Crippen molar-refractivity contribution >= 4 is 46.5 Å². The quantitative estimate of drug-likeness (QED) is 0.798. The van der Waals surface area contributed by atoms with Crippen LogP contribution < -0.4 is 14.8 Å². The van der Waals surface area contributed by atoms with Crippen LogP contribution in [0.3, 0.4) is 0 Å². The minimum absolute atomic E-state index is 0.0408. The molecule has 2 heterocycles. The molecule has 0 saturated carbocycles. The van der Waals surface area contributed by atoms with Gasteiger partial charge in [0.1, 0.15) is 0 Å². The van der Waals surface area contributed by atoms with Crippen LogP contribution in [0.5, 0.6) is 11.5 Å². The number of fused-ring (bicyclic) bond motifs is 1. The standard InChI is InChI=1S/C13H13N3O3S3/c1-20-12-15-16-13(22-12)21-5-4-11(17)14-8-2-3-9-10(6-8)19-7-18-9/h2-3,6H,4-5,7H2,1H3,(H,14,17). The van der Waals surface area contributed by atoms with Crippen LogP contribution in [0.1, 0.15) is 6.42 Å². The van der Waals surface area contributed by atoms with Crippen molar-refractivity contribution in [3.05, 3.63) is 18.2 Å². The van der Waals surface area contributed by atoms with E-state index >= 15 is 0 Å². The monoisotopic (exact) mass is 355 g/mol. The number of amides is 1. The second-order valence-corrected chi connectivity index (χ2v) is 7.63. The lowest BCUT2D eigenvalue weighted by Gasteiger charge is -2.05. The smallest absolute Gasteiger partial charge is 0.231 e. The van der Waals surface area contributed by atoms with E-state index in [0.717, 1.165) is 8.68 Å². The van der Waals surface area contributed by atoms with Crippen molar-refractivity contribution in [2.45, 2.75) is 15.1 Å². The molecule has 0 atom stereocenters. The molecule has 1 amide bonds. The lowest BCUT2D eigenvalue weighted by atomic mass is 10.2. The predicted octanol–water partition coefficient (Wildman–Crippen LogP) is 3.11. The van der Waals surface area contributed by atoms with Crippen molar-refractivity contribution in [2.75, 3.05) is 24.1 Å². The highest BCUT2D eigenvalue weighted by Crippen LogP contribution is 2.34. The molecule has 0 aliphatic carbocycles. The molecule has 116 valence electrons. The summed E-state index contributed by atoms with van der Waals surface area (Å²) < 4.78 is 12.3. The van der Waals surface area contributed by atoms with E-state index < -0.39 is 0 Å². The van der Waals surface area contributed by atoms with Crippen LogP contribution in [0.25, 0.3) is 0 Å². The molecule has 0 unspecified atom stereocenters. The van der Waals surface area contributed by atoms with Gasteiger partial charge in [0.2, 0.25) is 12.7 Å². The summed E-state index contributed by atoms with van der Waals surface area (Å²) in [5.41, 5.74) is 0.708. The van der Waals surface area contributed by atoms with E-state index in [1.807, 2.05) is 6.26 Å². The Morgan fingerprint density at radius 3 is 2.95 bits per heavy atom. The number of carbonyl (C=O) groups excluding carboxylic acids is 1. The zero-order chi connectivity index (χ0) is 15.4. The van der Waals surface area contributed by atoms with Gasteiger partial charge in [0.15, 0.2) is 20.2 Å². The summed E-state index contributed by atoms with van der Waals surface area (Å²) in [6, 6.07) is 5.36. The fourth-order valence-electron chi connectivity index (χ4n) is 1.77. The van der Waals surface area contributed by atoms with Gasteiger partial charge < -0.3 is 14.8 Å². The second-order valence-electron chi connectivity index (χ2n) is 4.25. The Morgan fingerprint density at radius 2 is 2.14 bits per heavy atom. The van der Waals surface area contributed by atoms with Gasteiger partial charge in [0.25, 0.3) is 0 Å². The second kappa shape index (κ2) is 7.21. The van der Waals surface area contributed by atoms with Gasteiger partial charge in [-0.2, -0.15) is 0 Å². The lowest BCUT2D eigenvalue weighted by Crippen LogP contribution is -2.12. The number of thioether (sulfide) groups is 2. The average Bonchev–Trinajstić information content (AvgIpc) is 3.15. The Labute approximate surface area is 140 Å². The van der Waals surface area contributed by atoms with E-state index in [9.17, 15) is 4.79 Å². The molecule has 1 aromatic heterocycles. The molecule has 9 heteroatoms. The molecular weight excluding hydrogens is 342 g/mol. The lowest BCUT2D eigenvalue weighted by molar-refractivity contribution is -0.115. The van der Waals surface area contributed by atoms with Crippen molar-refractivity contribution in [2.24, 2.45) is 0 Å². The average molecular weight is 355 g/mol. The van der Waals surface area contributed by atoms with Gasteiger partial charge in [-0.15, -0.1) is 10.2 Å². The largest absolute Gasteiger partial charge is 0.454 e. The molecule has 0 fully saturated rings. The number of anilines is 1. The number of benzene rings is 1. The number of hydrogen-bond donors (Lipinski definition) is 1. The van der Waals surface area contributed by atoms with E-state index in [1.54, 1.807) is 53.1 Å². The van der Waals surface area contributed by atoms with Crippen LogP contribution in [-0.4, -0.2) is 34.9 Å². The first-order valence-corrected chi connectivity index (χ1v) is 9.47. The molecule has 22 heavy (non-hydrogen) atoms. The molecule has 1 N–H and O–H groups in total. The fourth-order valence-corrected chi connectivity index (χ4v) is 4.21. The van der Waals surface area contributed by atoms with Crippen LogP contribution in [0.2, 0.25) is 0 Å². The van der Waals surface area contributed by atoms with Crippen molar-refractivity contribution in [3.8, 4) is 11.5 Å². The number of hydrogen-bond acceptors (Lipinski definition) is 8. The summed E-state index contributed by atoms with van der Waals surface area (Å²) >= 11 is 4.66. The third-order valence-electron chi connectivity index (χ3n) is 2.77. The Bertz CT molecular complexity index is 678. The van der Waals surface area contributed by atoms with Gasteiger partial charge >= 0.3 is 0 Å². The normalized spacial score (nSPS) is 12.4. The Morgan fingerprint density at radius 1 is 1.32 bits per heavy atom. The van der Waals surface area contributed by atoms with Crippen LogP contribution in [0.15, 0.2) is 26.9 Å². The first-order valence-electron chi connectivity index (χ1n) is 6.44. The van der Waals surface area contributed by atoms with Crippen LogP contribution >= 0.6 is 34.9 Å². The third kappa shape index (κ3) is 3.84. The summed E-state index contributed by atoms with van der Waals surface area (Å²) in [6.07, 6.45) is 2.38. The summed E-state index contributed by atoms with van der Waals surface area (Å²) in [5.74, 6) is 1.99. The van der Waals surface area contributed by atoms with Gasteiger partial charge in [0.05, 0.1) is 0 Å². The zero-order valence-corrected chi connectivity index (χ0v) is 14.1. The van der Waals surface area contributed by atoms with E-state index in [4.69, 9.17) is 9.47 Å².